The highest BCUT2D eigenvalue weighted by Crippen LogP contribution is 2.44. The van der Waals surface area contributed by atoms with E-state index in [1.807, 2.05) is 18.8 Å². The lowest BCUT2D eigenvalue weighted by molar-refractivity contribution is -0.292. The summed E-state index contributed by atoms with van der Waals surface area (Å²) in [5.74, 6) is -8.15. The van der Waals surface area contributed by atoms with Crippen LogP contribution in [0.25, 0.3) is 22.1 Å². The molecule has 1 aromatic carbocycles. The Morgan fingerprint density at radius 2 is 1.85 bits per heavy atom. The van der Waals surface area contributed by atoms with Crippen LogP contribution in [0.15, 0.2) is 44.6 Å². The molecule has 0 spiro atoms. The van der Waals surface area contributed by atoms with E-state index in [9.17, 15) is 40.3 Å². The zero-order valence-corrected chi connectivity index (χ0v) is 21.0. The van der Waals surface area contributed by atoms with Crippen LogP contribution in [-0.4, -0.2) is 45.1 Å². The summed E-state index contributed by atoms with van der Waals surface area (Å²) in [5.41, 5.74) is -2.52. The number of hydrogen-bond donors (Lipinski definition) is 3. The predicted molar refractivity (Wildman–Crippen MR) is 131 cm³/mol. The molecule has 39 heavy (non-hydrogen) atoms. The SMILES string of the molecule is CC(C)CCn1c(=O)c(C2=NS(=O)(=O)c3c(ccc4[nH]c(C(F)(F)C(F)(F)F)nc34)N2)c(O)c2cccnc21. The van der Waals surface area contributed by atoms with Gasteiger partial charge in [-0.15, -0.1) is 4.40 Å². The molecule has 0 unspecified atom stereocenters. The number of rotatable bonds is 5. The average molecular weight is 570 g/mol. The lowest BCUT2D eigenvalue weighted by Gasteiger charge is -2.20. The number of nitrogens with zero attached hydrogens (tertiary/aromatic N) is 4. The number of imidazole rings is 1. The summed E-state index contributed by atoms with van der Waals surface area (Å²) in [5, 5.41) is 13.7. The maximum absolute atomic E-state index is 13.9. The fourth-order valence-corrected chi connectivity index (χ4v) is 5.45. The van der Waals surface area contributed by atoms with Gasteiger partial charge in [0.05, 0.1) is 16.6 Å². The maximum Gasteiger partial charge on any atom is 0.461 e. The summed E-state index contributed by atoms with van der Waals surface area (Å²) in [7, 11) is -4.82. The summed E-state index contributed by atoms with van der Waals surface area (Å²) in [4.78, 5) is 22.0. The Bertz CT molecular complexity index is 1840. The normalized spacial score (nSPS) is 15.4. The molecule has 3 aromatic heterocycles. The molecule has 1 aliphatic rings. The average Bonchev–Trinajstić information content (AvgIpc) is 3.27. The van der Waals surface area contributed by atoms with Crippen molar-refractivity contribution >= 4 is 43.6 Å². The first kappa shape index (κ1) is 26.5. The Morgan fingerprint density at radius 1 is 1.13 bits per heavy atom. The summed E-state index contributed by atoms with van der Waals surface area (Å²) in [6.45, 7) is 4.06. The number of H-pyrrole nitrogens is 1. The largest absolute Gasteiger partial charge is 0.506 e. The molecule has 0 aliphatic carbocycles. The molecule has 0 radical (unpaired) electrons. The standard InChI is InChI=1S/C23H19F5N6O4S/c1-10(2)7-9-34-19-11(4-3-8-29-19)16(35)14(20(34)36)18-30-13-6-5-12-15(17(13)39(37,38)33-18)32-21(31-12)22(24,25)23(26,27)28/h3-6,8,10,35H,7,9H2,1-2H3,(H,30,33)(H,31,32). The van der Waals surface area contributed by atoms with Crippen molar-refractivity contribution in [3.05, 3.63) is 52.2 Å². The van der Waals surface area contributed by atoms with Crippen molar-refractivity contribution in [2.24, 2.45) is 10.3 Å². The third-order valence-corrected chi connectivity index (χ3v) is 7.50. The van der Waals surface area contributed by atoms with Gasteiger partial charge in [0.15, 0.2) is 11.7 Å². The predicted octanol–water partition coefficient (Wildman–Crippen LogP) is 4.24. The molecule has 1 aliphatic heterocycles. The third-order valence-electron chi connectivity index (χ3n) is 6.14. The van der Waals surface area contributed by atoms with Crippen molar-refractivity contribution in [1.29, 1.82) is 0 Å². The zero-order chi connectivity index (χ0) is 28.5. The quantitative estimate of drug-likeness (QED) is 0.305. The number of alkyl halides is 5. The van der Waals surface area contributed by atoms with Crippen LogP contribution in [-0.2, 0) is 22.5 Å². The molecule has 0 saturated heterocycles. The van der Waals surface area contributed by atoms with Crippen molar-refractivity contribution in [2.75, 3.05) is 5.32 Å². The van der Waals surface area contributed by atoms with E-state index in [1.54, 1.807) is 0 Å². The van der Waals surface area contributed by atoms with Crippen LogP contribution >= 0.6 is 0 Å². The minimum atomic E-state index is -5.98. The van der Waals surface area contributed by atoms with E-state index in [0.29, 0.717) is 6.42 Å². The molecule has 5 rings (SSSR count). The number of sulfonamides is 1. The summed E-state index contributed by atoms with van der Waals surface area (Å²) in [6.07, 6.45) is -4.00. The summed E-state index contributed by atoms with van der Waals surface area (Å²) >= 11 is 0. The molecule has 0 amide bonds. The van der Waals surface area contributed by atoms with Gasteiger partial charge in [0.1, 0.15) is 27.4 Å². The number of nitrogens with one attached hydrogen (secondary N) is 2. The molecule has 3 N–H and O–H groups in total. The second kappa shape index (κ2) is 8.72. The number of fused-ring (bicyclic) bond motifs is 4. The van der Waals surface area contributed by atoms with Gasteiger partial charge in [-0.05, 0) is 36.6 Å². The fraction of sp³-hybridized carbons (Fsp3) is 0.304. The zero-order valence-electron chi connectivity index (χ0n) is 20.1. The number of hydrogen-bond acceptors (Lipinski definition) is 7. The van der Waals surface area contributed by atoms with Crippen molar-refractivity contribution < 1.29 is 35.5 Å². The molecule has 0 bridgehead atoms. The van der Waals surface area contributed by atoms with Gasteiger partial charge in [0, 0.05) is 12.7 Å². The number of aromatic amines is 1. The lowest BCUT2D eigenvalue weighted by atomic mass is 10.1. The van der Waals surface area contributed by atoms with E-state index < -0.39 is 66.6 Å². The van der Waals surface area contributed by atoms with Crippen LogP contribution < -0.4 is 10.9 Å². The molecular weight excluding hydrogens is 551 g/mol. The summed E-state index contributed by atoms with van der Waals surface area (Å²) < 4.78 is 97.7. The van der Waals surface area contributed by atoms with E-state index >= 15 is 0 Å². The number of amidine groups is 1. The second-order valence-corrected chi connectivity index (χ2v) is 10.8. The third kappa shape index (κ3) is 4.18. The topological polar surface area (TPSA) is 142 Å². The number of halogens is 5. The van der Waals surface area contributed by atoms with E-state index in [0.717, 1.165) is 12.1 Å². The Balaban J connectivity index is 1.70. The van der Waals surface area contributed by atoms with Gasteiger partial charge < -0.3 is 15.4 Å². The highest BCUT2D eigenvalue weighted by atomic mass is 32.2. The smallest absolute Gasteiger partial charge is 0.461 e. The van der Waals surface area contributed by atoms with Gasteiger partial charge in [-0.2, -0.15) is 30.4 Å². The summed E-state index contributed by atoms with van der Waals surface area (Å²) in [6, 6.07) is 5.13. The van der Waals surface area contributed by atoms with Gasteiger partial charge in [-0.1, -0.05) is 13.8 Å². The Morgan fingerprint density at radius 3 is 2.51 bits per heavy atom. The van der Waals surface area contributed by atoms with Gasteiger partial charge in [-0.3, -0.25) is 9.36 Å². The van der Waals surface area contributed by atoms with E-state index in [-0.39, 0.29) is 29.2 Å². The highest BCUT2D eigenvalue weighted by molar-refractivity contribution is 7.90. The monoisotopic (exact) mass is 570 g/mol. The molecule has 0 atom stereocenters. The van der Waals surface area contributed by atoms with Crippen molar-refractivity contribution in [3.63, 3.8) is 0 Å². The number of aromatic hydroxyl groups is 1. The van der Waals surface area contributed by atoms with Crippen molar-refractivity contribution in [2.45, 2.75) is 43.8 Å². The van der Waals surface area contributed by atoms with Crippen molar-refractivity contribution in [1.82, 2.24) is 19.5 Å². The molecule has 206 valence electrons. The van der Waals surface area contributed by atoms with Crippen LogP contribution in [0.4, 0.5) is 27.6 Å². The van der Waals surface area contributed by atoms with E-state index in [1.165, 1.54) is 22.9 Å². The van der Waals surface area contributed by atoms with Gasteiger partial charge in [0.25, 0.3) is 15.6 Å². The van der Waals surface area contributed by atoms with Gasteiger partial charge >= 0.3 is 12.1 Å². The molecule has 4 aromatic rings. The molecular formula is C23H19F5N6O4S. The molecule has 0 saturated carbocycles. The molecule has 16 heteroatoms. The second-order valence-electron chi connectivity index (χ2n) is 9.27. The minimum Gasteiger partial charge on any atom is -0.506 e. The molecule has 4 heterocycles. The van der Waals surface area contributed by atoms with Crippen LogP contribution in [0.5, 0.6) is 5.75 Å². The maximum atomic E-state index is 13.9. The minimum absolute atomic E-state index is 0.144. The number of benzene rings is 1. The fourth-order valence-electron chi connectivity index (χ4n) is 4.19. The number of anilines is 1. The molecule has 0 fully saturated rings. The molecule has 10 nitrogen and oxygen atoms in total. The van der Waals surface area contributed by atoms with Crippen LogP contribution in [0, 0.1) is 5.92 Å². The number of aryl methyl sites for hydroxylation is 1. The first-order valence-corrected chi connectivity index (χ1v) is 12.9. The Kier molecular flexibility index (Phi) is 5.93. The van der Waals surface area contributed by atoms with Crippen molar-refractivity contribution in [3.8, 4) is 5.75 Å². The number of aromatic nitrogens is 4. The first-order chi connectivity index (χ1) is 18.1. The first-order valence-electron chi connectivity index (χ1n) is 11.4. The lowest BCUT2D eigenvalue weighted by Crippen LogP contribution is -2.34. The van der Waals surface area contributed by atoms with Crippen LogP contribution in [0.1, 0.15) is 31.7 Å². The van der Waals surface area contributed by atoms with E-state index in [4.69, 9.17) is 0 Å². The van der Waals surface area contributed by atoms with Crippen LogP contribution in [0.2, 0.25) is 0 Å². The van der Waals surface area contributed by atoms with Crippen LogP contribution in [0.3, 0.4) is 0 Å². The number of pyridine rings is 2. The Hall–Kier alpha value is -4.08. The van der Waals surface area contributed by atoms with Gasteiger partial charge in [0.2, 0.25) is 0 Å². The Labute approximate surface area is 216 Å². The van der Waals surface area contributed by atoms with E-state index in [2.05, 4.69) is 19.7 Å². The van der Waals surface area contributed by atoms with Gasteiger partial charge in [-0.25, -0.2) is 9.97 Å². The highest BCUT2D eigenvalue weighted by Gasteiger charge is 2.61.